The van der Waals surface area contributed by atoms with Crippen LogP contribution in [0.15, 0.2) is 6.20 Å². The Morgan fingerprint density at radius 3 is 2.75 bits per heavy atom. The van der Waals surface area contributed by atoms with E-state index in [0.717, 1.165) is 36.9 Å². The van der Waals surface area contributed by atoms with Gasteiger partial charge in [0.1, 0.15) is 5.82 Å². The molecule has 8 nitrogen and oxygen atoms in total. The molecule has 106 valence electrons. The maximum Gasteiger partial charge on any atom is 0.241 e. The monoisotopic (exact) mass is 275 g/mol. The van der Waals surface area contributed by atoms with Gasteiger partial charge in [0, 0.05) is 12.1 Å². The number of nitrogens with two attached hydrogens (primary N) is 1. The molecule has 8 heteroatoms. The van der Waals surface area contributed by atoms with Crippen molar-refractivity contribution in [2.75, 3.05) is 10.3 Å². The highest BCUT2D eigenvalue weighted by Gasteiger charge is 2.41. The predicted molar refractivity (Wildman–Crippen MR) is 74.0 cm³/mol. The second-order valence-electron chi connectivity index (χ2n) is 5.56. The van der Waals surface area contributed by atoms with Crippen LogP contribution in [-0.2, 0) is 0 Å². The summed E-state index contributed by atoms with van der Waals surface area (Å²) in [6.07, 6.45) is 5.33. The number of hydrogen-bond acceptors (Lipinski definition) is 7. The van der Waals surface area contributed by atoms with Crippen LogP contribution in [0.5, 0.6) is 0 Å². The van der Waals surface area contributed by atoms with Crippen LogP contribution in [0.4, 0.5) is 11.8 Å². The first kappa shape index (κ1) is 11.9. The zero-order valence-corrected chi connectivity index (χ0v) is 11.0. The number of nitrogen functional groups attached to an aromatic ring is 1. The Labute approximate surface area is 115 Å². The number of hydrogen-bond donors (Lipinski definition) is 4. The third-order valence-corrected chi connectivity index (χ3v) is 4.37. The molecule has 2 atom stereocenters. The molecule has 0 spiro atoms. The molecule has 20 heavy (non-hydrogen) atoms. The van der Waals surface area contributed by atoms with Crippen LogP contribution in [0.25, 0.3) is 11.0 Å². The lowest BCUT2D eigenvalue weighted by Gasteiger charge is -2.38. The van der Waals surface area contributed by atoms with E-state index in [4.69, 9.17) is 5.84 Å². The average Bonchev–Trinajstić information content (AvgIpc) is 3.01. The van der Waals surface area contributed by atoms with Crippen molar-refractivity contribution in [1.82, 2.24) is 20.2 Å². The van der Waals surface area contributed by atoms with Crippen LogP contribution in [0.1, 0.15) is 25.7 Å². The van der Waals surface area contributed by atoms with Crippen molar-refractivity contribution < 1.29 is 5.11 Å². The molecule has 0 radical (unpaired) electrons. The first-order valence-corrected chi connectivity index (χ1v) is 6.90. The summed E-state index contributed by atoms with van der Waals surface area (Å²) >= 11 is 0. The molecular weight excluding hydrogens is 258 g/mol. The smallest absolute Gasteiger partial charge is 0.241 e. The van der Waals surface area contributed by atoms with Gasteiger partial charge in [-0.05, 0) is 25.7 Å². The van der Waals surface area contributed by atoms with E-state index in [9.17, 15) is 5.11 Å². The van der Waals surface area contributed by atoms with Gasteiger partial charge in [0.05, 0.1) is 17.7 Å². The number of H-pyrrole nitrogens is 1. The highest BCUT2D eigenvalue weighted by atomic mass is 16.3. The van der Waals surface area contributed by atoms with Crippen LogP contribution in [0, 0.1) is 0 Å². The van der Waals surface area contributed by atoms with Crippen LogP contribution < -0.4 is 16.2 Å². The Morgan fingerprint density at radius 1 is 1.30 bits per heavy atom. The van der Waals surface area contributed by atoms with Crippen molar-refractivity contribution in [3.8, 4) is 0 Å². The molecule has 4 heterocycles. The highest BCUT2D eigenvalue weighted by molar-refractivity contribution is 5.88. The summed E-state index contributed by atoms with van der Waals surface area (Å²) in [6.45, 7) is 0. The number of fused-ring (bicyclic) bond motifs is 3. The van der Waals surface area contributed by atoms with Crippen molar-refractivity contribution in [1.29, 1.82) is 0 Å². The fourth-order valence-electron chi connectivity index (χ4n) is 3.58. The number of nitrogens with zero attached hydrogens (tertiary/aromatic N) is 4. The van der Waals surface area contributed by atoms with E-state index in [1.54, 1.807) is 6.20 Å². The van der Waals surface area contributed by atoms with Gasteiger partial charge in [0.25, 0.3) is 0 Å². The van der Waals surface area contributed by atoms with Crippen molar-refractivity contribution in [3.63, 3.8) is 0 Å². The largest absolute Gasteiger partial charge is 0.393 e. The molecule has 2 bridgehead atoms. The topological polar surface area (TPSA) is 116 Å². The third kappa shape index (κ3) is 1.65. The Hall–Kier alpha value is -1.93. The van der Waals surface area contributed by atoms with Gasteiger partial charge in [0.2, 0.25) is 5.95 Å². The summed E-state index contributed by atoms with van der Waals surface area (Å²) < 4.78 is 0. The van der Waals surface area contributed by atoms with E-state index < -0.39 is 0 Å². The molecule has 2 aromatic rings. The molecule has 2 fully saturated rings. The molecule has 2 aliphatic rings. The number of hydrazine groups is 1. The molecule has 0 aromatic carbocycles. The van der Waals surface area contributed by atoms with Gasteiger partial charge < -0.3 is 10.0 Å². The van der Waals surface area contributed by atoms with Crippen molar-refractivity contribution >= 4 is 22.8 Å². The predicted octanol–water partition coefficient (Wildman–Crippen LogP) is 0.131. The second-order valence-corrected chi connectivity index (χ2v) is 5.56. The fourth-order valence-corrected chi connectivity index (χ4v) is 3.58. The fraction of sp³-hybridized carbons (Fsp3) is 0.583. The van der Waals surface area contributed by atoms with Gasteiger partial charge in [-0.15, -0.1) is 0 Å². The van der Waals surface area contributed by atoms with Gasteiger partial charge in [-0.25, -0.2) is 5.84 Å². The minimum atomic E-state index is -0.197. The number of rotatable bonds is 2. The quantitative estimate of drug-likeness (QED) is 0.454. The SMILES string of the molecule is NNc1nc(N2C3CCC2CC(O)C3)c2cn[nH]c2n1. The maximum atomic E-state index is 9.92. The Balaban J connectivity index is 1.83. The molecule has 2 saturated heterocycles. The van der Waals surface area contributed by atoms with Crippen molar-refractivity contribution in [3.05, 3.63) is 6.20 Å². The summed E-state index contributed by atoms with van der Waals surface area (Å²) in [6, 6.07) is 0.671. The lowest BCUT2D eigenvalue weighted by atomic mass is 10.00. The molecule has 0 amide bonds. The summed E-state index contributed by atoms with van der Waals surface area (Å²) in [5, 5.41) is 17.7. The molecular formula is C12H17N7O. The first-order chi connectivity index (χ1) is 9.76. The van der Waals surface area contributed by atoms with Crippen LogP contribution in [0.3, 0.4) is 0 Å². The van der Waals surface area contributed by atoms with Crippen LogP contribution >= 0.6 is 0 Å². The molecule has 0 saturated carbocycles. The lowest BCUT2D eigenvalue weighted by Crippen LogP contribution is -2.45. The summed E-state index contributed by atoms with van der Waals surface area (Å²) in [5.41, 5.74) is 3.18. The van der Waals surface area contributed by atoms with E-state index in [-0.39, 0.29) is 6.10 Å². The highest BCUT2D eigenvalue weighted by Crippen LogP contribution is 2.40. The van der Waals surface area contributed by atoms with E-state index in [2.05, 4.69) is 30.5 Å². The third-order valence-electron chi connectivity index (χ3n) is 4.37. The number of aromatic nitrogens is 4. The Morgan fingerprint density at radius 2 is 2.05 bits per heavy atom. The summed E-state index contributed by atoms with van der Waals surface area (Å²) in [7, 11) is 0. The number of piperidine rings is 1. The molecule has 2 unspecified atom stereocenters. The Kier molecular flexibility index (Phi) is 2.54. The van der Waals surface area contributed by atoms with E-state index in [1.165, 1.54) is 0 Å². The number of aliphatic hydroxyl groups is 1. The minimum Gasteiger partial charge on any atom is -0.393 e. The molecule has 2 aromatic heterocycles. The Bertz CT molecular complexity index is 628. The second kappa shape index (κ2) is 4.29. The lowest BCUT2D eigenvalue weighted by molar-refractivity contribution is 0.126. The molecule has 0 aliphatic carbocycles. The average molecular weight is 275 g/mol. The summed E-state index contributed by atoms with van der Waals surface area (Å²) in [5.74, 6) is 6.68. The van der Waals surface area contributed by atoms with E-state index in [0.29, 0.717) is 23.7 Å². The standard InChI is InChI=1S/C12H17N7O/c13-17-12-15-10-9(5-14-18-10)11(16-12)19-6-1-2-7(19)4-8(20)3-6/h5-8,20H,1-4,13H2,(H2,14,15,16,17,18). The molecule has 2 aliphatic heterocycles. The van der Waals surface area contributed by atoms with Gasteiger partial charge in [0.15, 0.2) is 5.65 Å². The van der Waals surface area contributed by atoms with E-state index in [1.807, 2.05) is 0 Å². The van der Waals surface area contributed by atoms with Gasteiger partial charge in [-0.1, -0.05) is 0 Å². The maximum absolute atomic E-state index is 9.92. The minimum absolute atomic E-state index is 0.197. The first-order valence-electron chi connectivity index (χ1n) is 6.90. The van der Waals surface area contributed by atoms with Crippen LogP contribution in [0.2, 0.25) is 0 Å². The summed E-state index contributed by atoms with van der Waals surface area (Å²) in [4.78, 5) is 11.1. The van der Waals surface area contributed by atoms with Crippen LogP contribution in [-0.4, -0.2) is 43.5 Å². The van der Waals surface area contributed by atoms with Crippen molar-refractivity contribution in [2.24, 2.45) is 5.84 Å². The van der Waals surface area contributed by atoms with Gasteiger partial charge in [-0.2, -0.15) is 15.1 Å². The van der Waals surface area contributed by atoms with E-state index >= 15 is 0 Å². The molecule has 5 N–H and O–H groups in total. The zero-order valence-electron chi connectivity index (χ0n) is 11.0. The van der Waals surface area contributed by atoms with Crippen molar-refractivity contribution in [2.45, 2.75) is 43.9 Å². The number of anilines is 2. The number of aromatic amines is 1. The zero-order chi connectivity index (χ0) is 13.7. The normalized spacial score (nSPS) is 29.1. The number of nitrogens with one attached hydrogen (secondary N) is 2. The van der Waals surface area contributed by atoms with Gasteiger partial charge in [-0.3, -0.25) is 10.5 Å². The number of aliphatic hydroxyl groups excluding tert-OH is 1. The van der Waals surface area contributed by atoms with Gasteiger partial charge >= 0.3 is 0 Å². The molecule has 4 rings (SSSR count).